The van der Waals surface area contributed by atoms with Gasteiger partial charge in [-0.3, -0.25) is 9.59 Å². The molecule has 2 rings (SSSR count). The number of benzene rings is 2. The second-order valence-corrected chi connectivity index (χ2v) is 8.39. The van der Waals surface area contributed by atoms with Gasteiger partial charge in [0.15, 0.2) is 23.1 Å². The van der Waals surface area contributed by atoms with Crippen molar-refractivity contribution in [2.75, 3.05) is 28.4 Å². The summed E-state index contributed by atoms with van der Waals surface area (Å²) in [5.74, 6) is 1.66. The molecule has 0 bridgehead atoms. The first kappa shape index (κ1) is 21.0. The molecular formula is C20H22IO6+. The molecule has 6 nitrogen and oxygen atoms in total. The lowest BCUT2D eigenvalue weighted by Crippen LogP contribution is -3.61. The number of ketones is 2. The third kappa shape index (κ3) is 4.18. The topological polar surface area (TPSA) is 71.1 Å². The van der Waals surface area contributed by atoms with E-state index >= 15 is 0 Å². The maximum Gasteiger partial charge on any atom is 0.366 e. The van der Waals surface area contributed by atoms with Crippen molar-refractivity contribution in [3.63, 3.8) is 0 Å². The largest absolute Gasteiger partial charge is 0.496 e. The Labute approximate surface area is 169 Å². The average Bonchev–Trinajstić information content (AvgIpc) is 2.66. The molecule has 0 fully saturated rings. The summed E-state index contributed by atoms with van der Waals surface area (Å²) in [6, 6.07) is 7.29. The molecule has 0 aliphatic heterocycles. The van der Waals surface area contributed by atoms with E-state index in [0.29, 0.717) is 34.1 Å². The van der Waals surface area contributed by atoms with Gasteiger partial charge in [0.1, 0.15) is 22.6 Å². The van der Waals surface area contributed by atoms with Crippen molar-refractivity contribution in [2.45, 2.75) is 13.8 Å². The Morgan fingerprint density at radius 3 is 1.30 bits per heavy atom. The van der Waals surface area contributed by atoms with Crippen LogP contribution >= 0.6 is 0 Å². The molecule has 0 spiro atoms. The fourth-order valence-electron chi connectivity index (χ4n) is 2.74. The Balaban J connectivity index is 2.64. The lowest BCUT2D eigenvalue weighted by Gasteiger charge is -2.12. The Morgan fingerprint density at radius 1 is 0.667 bits per heavy atom. The van der Waals surface area contributed by atoms with Gasteiger partial charge in [-0.15, -0.1) is 0 Å². The number of carbonyl (C=O) groups excluding carboxylic acids is 2. The van der Waals surface area contributed by atoms with E-state index in [1.54, 1.807) is 12.1 Å². The van der Waals surface area contributed by atoms with Crippen molar-refractivity contribution in [1.29, 1.82) is 0 Å². The first-order valence-electron chi connectivity index (χ1n) is 8.06. The molecular weight excluding hydrogens is 463 g/mol. The maximum atomic E-state index is 12.1. The molecule has 0 radical (unpaired) electrons. The van der Waals surface area contributed by atoms with E-state index < -0.39 is 21.2 Å². The van der Waals surface area contributed by atoms with Crippen LogP contribution < -0.4 is 40.2 Å². The first-order valence-corrected chi connectivity index (χ1v) is 10.2. The van der Waals surface area contributed by atoms with Gasteiger partial charge in [-0.1, -0.05) is 0 Å². The quantitative estimate of drug-likeness (QED) is 0.395. The molecule has 0 unspecified atom stereocenters. The molecule has 27 heavy (non-hydrogen) atoms. The van der Waals surface area contributed by atoms with E-state index in [2.05, 4.69) is 0 Å². The van der Waals surface area contributed by atoms with Crippen molar-refractivity contribution in [3.05, 3.63) is 42.5 Å². The number of ether oxygens (including phenoxy) is 4. The molecule has 0 N–H and O–H groups in total. The smallest absolute Gasteiger partial charge is 0.366 e. The highest BCUT2D eigenvalue weighted by Gasteiger charge is 2.32. The molecule has 144 valence electrons. The van der Waals surface area contributed by atoms with E-state index in [1.807, 2.05) is 12.1 Å². The van der Waals surface area contributed by atoms with Gasteiger partial charge in [0.25, 0.3) is 0 Å². The number of rotatable bonds is 8. The van der Waals surface area contributed by atoms with E-state index in [1.165, 1.54) is 42.3 Å². The summed E-state index contributed by atoms with van der Waals surface area (Å²) >= 11 is -0.814. The highest BCUT2D eigenvalue weighted by molar-refractivity contribution is 6.00. The zero-order chi connectivity index (χ0) is 20.1. The van der Waals surface area contributed by atoms with Crippen LogP contribution in [-0.2, 0) is 0 Å². The summed E-state index contributed by atoms with van der Waals surface area (Å²) in [5.41, 5.74) is 0.827. The summed E-state index contributed by atoms with van der Waals surface area (Å²) in [7, 11) is 6.09. The zero-order valence-corrected chi connectivity index (χ0v) is 18.3. The summed E-state index contributed by atoms with van der Waals surface area (Å²) in [5, 5.41) is 0. The fraction of sp³-hybridized carbons (Fsp3) is 0.300. The number of carbonyl (C=O) groups is 2. The van der Waals surface area contributed by atoms with Crippen LogP contribution in [0.5, 0.6) is 23.0 Å². The van der Waals surface area contributed by atoms with Crippen LogP contribution in [0.2, 0.25) is 0 Å². The summed E-state index contributed by atoms with van der Waals surface area (Å²) < 4.78 is 23.5. The van der Waals surface area contributed by atoms with Crippen LogP contribution in [0.1, 0.15) is 34.6 Å². The van der Waals surface area contributed by atoms with E-state index in [4.69, 9.17) is 18.9 Å². The molecule has 2 aromatic rings. The predicted octanol–water partition coefficient (Wildman–Crippen LogP) is 0.255. The van der Waals surface area contributed by atoms with Crippen LogP contribution in [0, 0.1) is 7.14 Å². The Bertz CT molecular complexity index is 804. The number of methoxy groups -OCH3 is 4. The maximum absolute atomic E-state index is 12.1. The van der Waals surface area contributed by atoms with Gasteiger partial charge in [0.05, 0.1) is 28.4 Å². The summed E-state index contributed by atoms with van der Waals surface area (Å²) in [6.07, 6.45) is 0. The second kappa shape index (κ2) is 9.07. The number of halogens is 1. The van der Waals surface area contributed by atoms with Crippen molar-refractivity contribution >= 4 is 11.6 Å². The van der Waals surface area contributed by atoms with Crippen LogP contribution in [0.25, 0.3) is 0 Å². The Kier molecular flexibility index (Phi) is 7.06. The molecule has 0 aliphatic rings. The molecule has 0 amide bonds. The normalized spacial score (nSPS) is 10.3. The third-order valence-electron chi connectivity index (χ3n) is 3.90. The average molecular weight is 485 g/mol. The lowest BCUT2D eigenvalue weighted by atomic mass is 10.1. The Hall–Kier alpha value is -2.29. The Morgan fingerprint density at radius 2 is 1.04 bits per heavy atom. The molecule has 0 saturated heterocycles. The van der Waals surface area contributed by atoms with Gasteiger partial charge in [0.2, 0.25) is 7.14 Å². The zero-order valence-electron chi connectivity index (χ0n) is 16.1. The highest BCUT2D eigenvalue weighted by atomic mass is 127. The highest BCUT2D eigenvalue weighted by Crippen LogP contribution is 2.30. The molecule has 0 atom stereocenters. The van der Waals surface area contributed by atoms with Gasteiger partial charge in [-0.2, -0.15) is 0 Å². The van der Waals surface area contributed by atoms with Crippen molar-refractivity contribution in [1.82, 2.24) is 0 Å². The first-order chi connectivity index (χ1) is 12.9. The number of hydrogen-bond donors (Lipinski definition) is 0. The lowest BCUT2D eigenvalue weighted by molar-refractivity contribution is -0.598. The van der Waals surface area contributed by atoms with Crippen LogP contribution in [0.15, 0.2) is 24.3 Å². The minimum Gasteiger partial charge on any atom is -0.496 e. The van der Waals surface area contributed by atoms with Crippen LogP contribution in [-0.4, -0.2) is 40.0 Å². The third-order valence-corrected chi connectivity index (χ3v) is 6.76. The second-order valence-electron chi connectivity index (χ2n) is 5.52. The van der Waals surface area contributed by atoms with Gasteiger partial charge in [-0.05, 0) is 38.1 Å². The molecule has 2 aromatic carbocycles. The minimum absolute atomic E-state index is 0.138. The van der Waals surface area contributed by atoms with Gasteiger partial charge < -0.3 is 18.9 Å². The van der Waals surface area contributed by atoms with Crippen molar-refractivity contribution < 1.29 is 49.7 Å². The molecule has 7 heteroatoms. The van der Waals surface area contributed by atoms with Crippen molar-refractivity contribution in [2.24, 2.45) is 0 Å². The molecule has 0 heterocycles. The van der Waals surface area contributed by atoms with Gasteiger partial charge in [0, 0.05) is 0 Å². The fourth-order valence-corrected chi connectivity index (χ4v) is 5.56. The van der Waals surface area contributed by atoms with E-state index in [-0.39, 0.29) is 11.6 Å². The van der Waals surface area contributed by atoms with Gasteiger partial charge in [-0.25, -0.2) is 0 Å². The van der Waals surface area contributed by atoms with E-state index in [9.17, 15) is 9.59 Å². The van der Waals surface area contributed by atoms with Crippen molar-refractivity contribution in [3.8, 4) is 23.0 Å². The molecule has 0 aliphatic carbocycles. The summed E-state index contributed by atoms with van der Waals surface area (Å²) in [4.78, 5) is 24.3. The predicted molar refractivity (Wildman–Crippen MR) is 96.5 cm³/mol. The number of hydrogen-bond acceptors (Lipinski definition) is 6. The molecule has 0 aromatic heterocycles. The summed E-state index contributed by atoms with van der Waals surface area (Å²) in [6.45, 7) is 2.95. The van der Waals surface area contributed by atoms with E-state index in [0.717, 1.165) is 7.14 Å². The van der Waals surface area contributed by atoms with Crippen LogP contribution in [0.3, 0.4) is 0 Å². The number of Topliss-reactive ketones (excluding diaryl/α,β-unsaturated/α-hetero) is 2. The standard InChI is InChI=1S/C20H22IO6/c1-11(22)17-15(24-3)9-7-13(19(17)26-5)21-14-8-10-16(25-4)18(12(2)23)20(14)27-6/h7-10H,1-6H3/q+1. The van der Waals surface area contributed by atoms with Gasteiger partial charge >= 0.3 is 21.2 Å². The monoisotopic (exact) mass is 485 g/mol. The molecule has 0 saturated carbocycles. The SMILES string of the molecule is COc1ccc([I+]c2ccc(OC)c(C(C)=O)c2OC)c(OC)c1C(C)=O. The van der Waals surface area contributed by atoms with Crippen LogP contribution in [0.4, 0.5) is 0 Å². The minimum atomic E-state index is -0.814.